The van der Waals surface area contributed by atoms with E-state index in [1.165, 1.54) is 0 Å². The number of halogens is 1. The number of carbonyl (C=O) groups excluding carboxylic acids is 1. The quantitative estimate of drug-likeness (QED) is 0.909. The molecule has 0 radical (unpaired) electrons. The van der Waals surface area contributed by atoms with Gasteiger partial charge in [0.25, 0.3) is 5.91 Å². The molecule has 23 heavy (non-hydrogen) atoms. The van der Waals surface area contributed by atoms with E-state index in [1.54, 1.807) is 0 Å². The van der Waals surface area contributed by atoms with Gasteiger partial charge in [-0.3, -0.25) is 4.79 Å². The van der Waals surface area contributed by atoms with Crippen molar-refractivity contribution in [1.29, 1.82) is 0 Å². The van der Waals surface area contributed by atoms with Crippen LogP contribution in [0.1, 0.15) is 18.1 Å². The van der Waals surface area contributed by atoms with Crippen LogP contribution in [0.5, 0.6) is 0 Å². The Balaban J connectivity index is 1.87. The minimum atomic E-state index is -0.598. The second kappa shape index (κ2) is 7.13. The Labute approximate surface area is 140 Å². The SMILES string of the molecule is NC[C@@H]1CCO[C@@H](c2cccc(-c3ccc(Cl)cc3)c2)C(=O)N1. The van der Waals surface area contributed by atoms with Gasteiger partial charge in [-0.05, 0) is 41.3 Å². The molecule has 2 atom stereocenters. The molecule has 5 heteroatoms. The van der Waals surface area contributed by atoms with E-state index in [0.29, 0.717) is 18.2 Å². The summed E-state index contributed by atoms with van der Waals surface area (Å²) >= 11 is 5.93. The molecule has 4 nitrogen and oxygen atoms in total. The number of carbonyl (C=O) groups is 1. The van der Waals surface area contributed by atoms with Crippen LogP contribution < -0.4 is 11.1 Å². The summed E-state index contributed by atoms with van der Waals surface area (Å²) in [5.74, 6) is -0.133. The molecule has 0 saturated carbocycles. The lowest BCUT2D eigenvalue weighted by atomic mass is 10.0. The zero-order chi connectivity index (χ0) is 16.2. The molecule has 1 amide bonds. The summed E-state index contributed by atoms with van der Waals surface area (Å²) in [6, 6.07) is 15.4. The normalized spacial score (nSPS) is 21.6. The molecule has 2 aromatic rings. The molecule has 0 aromatic heterocycles. The van der Waals surface area contributed by atoms with Gasteiger partial charge in [0.15, 0.2) is 6.10 Å². The van der Waals surface area contributed by atoms with Gasteiger partial charge in [0, 0.05) is 17.6 Å². The van der Waals surface area contributed by atoms with E-state index in [4.69, 9.17) is 22.1 Å². The third-order valence-corrected chi connectivity index (χ3v) is 4.24. The van der Waals surface area contributed by atoms with Crippen LogP contribution in [-0.2, 0) is 9.53 Å². The second-order valence-electron chi connectivity index (χ2n) is 5.61. The third-order valence-electron chi connectivity index (χ3n) is 3.99. The second-order valence-corrected chi connectivity index (χ2v) is 6.05. The van der Waals surface area contributed by atoms with Gasteiger partial charge in [-0.1, -0.05) is 41.9 Å². The van der Waals surface area contributed by atoms with Gasteiger partial charge in [-0.15, -0.1) is 0 Å². The Morgan fingerprint density at radius 1 is 1.17 bits per heavy atom. The molecule has 0 spiro atoms. The highest BCUT2D eigenvalue weighted by Crippen LogP contribution is 2.27. The number of amides is 1. The number of ether oxygens (including phenoxy) is 1. The smallest absolute Gasteiger partial charge is 0.254 e. The number of rotatable bonds is 3. The van der Waals surface area contributed by atoms with E-state index in [2.05, 4.69) is 5.32 Å². The van der Waals surface area contributed by atoms with Crippen molar-refractivity contribution in [3.8, 4) is 11.1 Å². The van der Waals surface area contributed by atoms with Crippen molar-refractivity contribution in [3.63, 3.8) is 0 Å². The fourth-order valence-corrected chi connectivity index (χ4v) is 2.83. The molecule has 1 fully saturated rings. The fourth-order valence-electron chi connectivity index (χ4n) is 2.70. The van der Waals surface area contributed by atoms with Crippen molar-refractivity contribution >= 4 is 17.5 Å². The monoisotopic (exact) mass is 330 g/mol. The molecule has 3 N–H and O–H groups in total. The molecule has 1 saturated heterocycles. The van der Waals surface area contributed by atoms with Gasteiger partial charge in [0.2, 0.25) is 0 Å². The largest absolute Gasteiger partial charge is 0.364 e. The van der Waals surface area contributed by atoms with E-state index in [1.807, 2.05) is 48.5 Å². The summed E-state index contributed by atoms with van der Waals surface area (Å²) < 4.78 is 5.75. The van der Waals surface area contributed by atoms with E-state index >= 15 is 0 Å². The van der Waals surface area contributed by atoms with Crippen LogP contribution in [0.2, 0.25) is 5.02 Å². The first-order valence-corrected chi connectivity index (χ1v) is 8.03. The fraction of sp³-hybridized carbons (Fsp3) is 0.278. The molecule has 1 aliphatic heterocycles. The number of nitrogens with one attached hydrogen (secondary N) is 1. The van der Waals surface area contributed by atoms with Gasteiger partial charge in [0.05, 0.1) is 6.61 Å². The Morgan fingerprint density at radius 3 is 2.70 bits per heavy atom. The molecule has 120 valence electrons. The summed E-state index contributed by atoms with van der Waals surface area (Å²) in [6.45, 7) is 0.934. The molecule has 1 heterocycles. The molecule has 3 rings (SSSR count). The predicted octanol–water partition coefficient (Wildman–Crippen LogP) is 2.91. The van der Waals surface area contributed by atoms with E-state index < -0.39 is 6.10 Å². The molecule has 0 bridgehead atoms. The van der Waals surface area contributed by atoms with Gasteiger partial charge < -0.3 is 15.8 Å². The Morgan fingerprint density at radius 2 is 1.96 bits per heavy atom. The van der Waals surface area contributed by atoms with Crippen LogP contribution in [0.3, 0.4) is 0 Å². The summed E-state index contributed by atoms with van der Waals surface area (Å²) in [5, 5.41) is 3.64. The third kappa shape index (κ3) is 3.72. The average molecular weight is 331 g/mol. The number of benzene rings is 2. The number of hydrogen-bond donors (Lipinski definition) is 2. The van der Waals surface area contributed by atoms with Crippen LogP contribution >= 0.6 is 11.6 Å². The Hall–Kier alpha value is -1.88. The molecule has 0 aliphatic carbocycles. The number of nitrogens with two attached hydrogens (primary N) is 1. The van der Waals surface area contributed by atoms with Gasteiger partial charge in [-0.2, -0.15) is 0 Å². The maximum atomic E-state index is 12.4. The first-order chi connectivity index (χ1) is 11.2. The Kier molecular flexibility index (Phi) is 4.96. The minimum Gasteiger partial charge on any atom is -0.364 e. The number of hydrogen-bond acceptors (Lipinski definition) is 3. The zero-order valence-electron chi connectivity index (χ0n) is 12.7. The lowest BCUT2D eigenvalue weighted by Gasteiger charge is -2.16. The molecule has 2 aromatic carbocycles. The van der Waals surface area contributed by atoms with Crippen LogP contribution in [-0.4, -0.2) is 25.1 Å². The van der Waals surface area contributed by atoms with Crippen molar-refractivity contribution in [2.75, 3.05) is 13.2 Å². The highest BCUT2D eigenvalue weighted by atomic mass is 35.5. The summed E-state index contributed by atoms with van der Waals surface area (Å²) in [4.78, 5) is 12.4. The highest BCUT2D eigenvalue weighted by Gasteiger charge is 2.27. The van der Waals surface area contributed by atoms with Crippen molar-refractivity contribution in [1.82, 2.24) is 5.32 Å². The first kappa shape index (κ1) is 16.0. The van der Waals surface area contributed by atoms with Crippen molar-refractivity contribution in [2.45, 2.75) is 18.6 Å². The summed E-state index contributed by atoms with van der Waals surface area (Å²) in [7, 11) is 0. The maximum Gasteiger partial charge on any atom is 0.254 e. The Bertz CT molecular complexity index is 688. The van der Waals surface area contributed by atoms with Crippen molar-refractivity contribution in [2.24, 2.45) is 5.73 Å². The van der Waals surface area contributed by atoms with Crippen molar-refractivity contribution in [3.05, 3.63) is 59.1 Å². The maximum absolute atomic E-state index is 12.4. The molecular weight excluding hydrogens is 312 g/mol. The summed E-state index contributed by atoms with van der Waals surface area (Å²) in [6.07, 6.45) is 0.133. The molecule has 1 aliphatic rings. The van der Waals surface area contributed by atoms with Crippen LogP contribution in [0, 0.1) is 0 Å². The standard InChI is InChI=1S/C18H19ClN2O2/c19-15-6-4-12(5-7-15)13-2-1-3-14(10-13)17-18(22)21-16(11-20)8-9-23-17/h1-7,10,16-17H,8-9,11,20H2,(H,21,22)/t16-,17-/m0/s1. The van der Waals surface area contributed by atoms with Crippen LogP contribution in [0.4, 0.5) is 0 Å². The topological polar surface area (TPSA) is 64.3 Å². The highest BCUT2D eigenvalue weighted by molar-refractivity contribution is 6.30. The average Bonchev–Trinajstić information content (AvgIpc) is 2.77. The lowest BCUT2D eigenvalue weighted by Crippen LogP contribution is -2.40. The van der Waals surface area contributed by atoms with Gasteiger partial charge in [0.1, 0.15) is 0 Å². The molecule has 0 unspecified atom stereocenters. The first-order valence-electron chi connectivity index (χ1n) is 7.65. The van der Waals surface area contributed by atoms with Gasteiger partial charge >= 0.3 is 0 Å². The van der Waals surface area contributed by atoms with E-state index in [0.717, 1.165) is 23.1 Å². The van der Waals surface area contributed by atoms with E-state index in [9.17, 15) is 4.79 Å². The minimum absolute atomic E-state index is 0.0213. The van der Waals surface area contributed by atoms with E-state index in [-0.39, 0.29) is 11.9 Å². The lowest BCUT2D eigenvalue weighted by molar-refractivity contribution is -0.131. The van der Waals surface area contributed by atoms with Gasteiger partial charge in [-0.25, -0.2) is 0 Å². The zero-order valence-corrected chi connectivity index (χ0v) is 13.4. The van der Waals surface area contributed by atoms with Crippen molar-refractivity contribution < 1.29 is 9.53 Å². The van der Waals surface area contributed by atoms with Crippen LogP contribution in [0.25, 0.3) is 11.1 Å². The summed E-state index contributed by atoms with van der Waals surface area (Å²) in [5.41, 5.74) is 8.56. The molecular formula is C18H19ClN2O2. The predicted molar refractivity (Wildman–Crippen MR) is 91.2 cm³/mol. The van der Waals surface area contributed by atoms with Crippen LogP contribution in [0.15, 0.2) is 48.5 Å².